The molecule has 3 heteroatoms. The molecule has 3 rings (SSSR count). The van der Waals surface area contributed by atoms with Gasteiger partial charge >= 0.3 is 0 Å². The molecule has 23 heavy (non-hydrogen) atoms. The number of benzene rings is 2. The zero-order valence-corrected chi connectivity index (χ0v) is 13.1. The molecule has 0 aliphatic heterocycles. The highest BCUT2D eigenvalue weighted by Gasteiger charge is 2.13. The van der Waals surface area contributed by atoms with Crippen LogP contribution in [0.2, 0.25) is 0 Å². The summed E-state index contributed by atoms with van der Waals surface area (Å²) in [7, 11) is 0. The number of aryl methyl sites for hydroxylation is 3. The predicted octanol–water partition coefficient (Wildman–Crippen LogP) is 4.61. The summed E-state index contributed by atoms with van der Waals surface area (Å²) < 4.78 is 19.0. The summed E-state index contributed by atoms with van der Waals surface area (Å²) >= 11 is 0. The molecule has 2 aromatic rings. The Hall–Kier alpha value is -2.34. The maximum absolute atomic E-state index is 13.2. The summed E-state index contributed by atoms with van der Waals surface area (Å²) in [6.45, 7) is 0. The Labute approximate surface area is 136 Å². The number of hydrogen-bond donors (Lipinski definition) is 0. The third-order valence-electron chi connectivity index (χ3n) is 4.33. The molecule has 0 N–H and O–H groups in total. The van der Waals surface area contributed by atoms with Gasteiger partial charge in [0.25, 0.3) is 0 Å². The summed E-state index contributed by atoms with van der Waals surface area (Å²) in [6.07, 6.45) is 5.36. The normalized spacial score (nSPS) is 14.6. The van der Waals surface area contributed by atoms with E-state index in [1.54, 1.807) is 6.07 Å². The van der Waals surface area contributed by atoms with Gasteiger partial charge in [-0.2, -0.15) is 5.26 Å². The van der Waals surface area contributed by atoms with Gasteiger partial charge in [0.1, 0.15) is 17.6 Å². The van der Waals surface area contributed by atoms with Gasteiger partial charge < -0.3 is 4.74 Å². The average molecular weight is 309 g/mol. The molecule has 0 aromatic heterocycles. The molecule has 0 saturated carbocycles. The first-order valence-electron chi connectivity index (χ1n) is 8.17. The van der Waals surface area contributed by atoms with E-state index in [1.165, 1.54) is 36.1 Å². The summed E-state index contributed by atoms with van der Waals surface area (Å²) in [5.74, 6) is 0.517. The molecule has 0 heterocycles. The van der Waals surface area contributed by atoms with E-state index in [4.69, 9.17) is 4.74 Å². The molecule has 0 fully saturated rings. The van der Waals surface area contributed by atoms with E-state index < -0.39 is 6.10 Å². The van der Waals surface area contributed by atoms with Crippen LogP contribution in [0.5, 0.6) is 5.75 Å². The highest BCUT2D eigenvalue weighted by molar-refractivity contribution is 5.37. The lowest BCUT2D eigenvalue weighted by Gasteiger charge is -2.18. The third kappa shape index (κ3) is 4.10. The smallest absolute Gasteiger partial charge is 0.184 e. The summed E-state index contributed by atoms with van der Waals surface area (Å²) in [5, 5.41) is 9.31. The number of halogens is 1. The van der Waals surface area contributed by atoms with Crippen molar-refractivity contribution in [3.05, 3.63) is 65.0 Å². The standard InChI is InChI=1S/C20H20FNO/c21-18-7-3-4-15(12-18)8-10-20(14-22)23-19-11-9-16-5-1-2-6-17(16)13-19/h3-4,7,9,11-13,20H,1-2,5-6,8,10H2. The van der Waals surface area contributed by atoms with E-state index in [2.05, 4.69) is 18.2 Å². The fourth-order valence-electron chi connectivity index (χ4n) is 3.09. The van der Waals surface area contributed by atoms with Gasteiger partial charge in [0.05, 0.1) is 0 Å². The van der Waals surface area contributed by atoms with Crippen molar-refractivity contribution in [2.24, 2.45) is 0 Å². The van der Waals surface area contributed by atoms with E-state index >= 15 is 0 Å². The first-order valence-corrected chi connectivity index (χ1v) is 8.17. The van der Waals surface area contributed by atoms with Crippen molar-refractivity contribution in [1.29, 1.82) is 5.26 Å². The largest absolute Gasteiger partial charge is 0.476 e. The molecule has 0 radical (unpaired) electrons. The Morgan fingerprint density at radius 2 is 1.91 bits per heavy atom. The van der Waals surface area contributed by atoms with Crippen LogP contribution >= 0.6 is 0 Å². The average Bonchev–Trinajstić information content (AvgIpc) is 2.58. The van der Waals surface area contributed by atoms with Gasteiger partial charge in [0.2, 0.25) is 0 Å². The van der Waals surface area contributed by atoms with E-state index in [-0.39, 0.29) is 5.82 Å². The minimum absolute atomic E-state index is 0.244. The molecule has 0 bridgehead atoms. The number of fused-ring (bicyclic) bond motifs is 1. The van der Waals surface area contributed by atoms with Crippen LogP contribution in [0.4, 0.5) is 4.39 Å². The molecule has 0 spiro atoms. The van der Waals surface area contributed by atoms with Crippen LogP contribution in [0, 0.1) is 17.1 Å². The van der Waals surface area contributed by atoms with Gasteiger partial charge in [0.15, 0.2) is 6.10 Å². The first kappa shape index (κ1) is 15.6. The third-order valence-corrected chi connectivity index (χ3v) is 4.33. The van der Waals surface area contributed by atoms with Crippen molar-refractivity contribution < 1.29 is 9.13 Å². The minimum atomic E-state index is -0.514. The fraction of sp³-hybridized carbons (Fsp3) is 0.350. The monoisotopic (exact) mass is 309 g/mol. The Kier molecular flexibility index (Phi) is 4.92. The summed E-state index contributed by atoms with van der Waals surface area (Å²) in [5.41, 5.74) is 3.63. The van der Waals surface area contributed by atoms with Crippen molar-refractivity contribution >= 4 is 0 Å². The van der Waals surface area contributed by atoms with E-state index in [1.807, 2.05) is 12.1 Å². The first-order chi connectivity index (χ1) is 11.2. The zero-order valence-electron chi connectivity index (χ0n) is 13.1. The summed E-state index contributed by atoms with van der Waals surface area (Å²) in [4.78, 5) is 0. The molecular weight excluding hydrogens is 289 g/mol. The summed E-state index contributed by atoms with van der Waals surface area (Å²) in [6, 6.07) is 14.8. The number of rotatable bonds is 5. The number of nitriles is 1. The van der Waals surface area contributed by atoms with Crippen molar-refractivity contribution in [2.75, 3.05) is 0 Å². The van der Waals surface area contributed by atoms with Crippen LogP contribution in [-0.4, -0.2) is 6.10 Å². The lowest BCUT2D eigenvalue weighted by atomic mass is 9.92. The number of ether oxygens (including phenoxy) is 1. The predicted molar refractivity (Wildman–Crippen MR) is 87.8 cm³/mol. The Morgan fingerprint density at radius 3 is 2.70 bits per heavy atom. The fourth-order valence-corrected chi connectivity index (χ4v) is 3.09. The maximum Gasteiger partial charge on any atom is 0.184 e. The second kappa shape index (κ2) is 7.28. The van der Waals surface area contributed by atoms with Gasteiger partial charge in [-0.3, -0.25) is 0 Å². The van der Waals surface area contributed by atoms with Gasteiger partial charge in [-0.1, -0.05) is 18.2 Å². The second-order valence-electron chi connectivity index (χ2n) is 6.04. The van der Waals surface area contributed by atoms with Crippen molar-refractivity contribution in [3.63, 3.8) is 0 Å². The van der Waals surface area contributed by atoms with Crippen LogP contribution < -0.4 is 4.74 Å². The Bertz CT molecular complexity index is 720. The maximum atomic E-state index is 13.2. The Morgan fingerprint density at radius 1 is 1.09 bits per heavy atom. The van der Waals surface area contributed by atoms with Crippen LogP contribution in [0.3, 0.4) is 0 Å². The molecule has 1 aliphatic carbocycles. The van der Waals surface area contributed by atoms with Crippen molar-refractivity contribution in [2.45, 2.75) is 44.6 Å². The molecule has 1 aliphatic rings. The highest BCUT2D eigenvalue weighted by atomic mass is 19.1. The highest BCUT2D eigenvalue weighted by Crippen LogP contribution is 2.26. The van der Waals surface area contributed by atoms with Gasteiger partial charge in [-0.05, 0) is 73.1 Å². The molecule has 118 valence electrons. The number of hydrogen-bond acceptors (Lipinski definition) is 2. The van der Waals surface area contributed by atoms with Gasteiger partial charge in [0, 0.05) is 6.42 Å². The molecule has 2 nitrogen and oxygen atoms in total. The topological polar surface area (TPSA) is 33.0 Å². The van der Waals surface area contributed by atoms with Crippen LogP contribution in [0.15, 0.2) is 42.5 Å². The van der Waals surface area contributed by atoms with Crippen molar-refractivity contribution in [1.82, 2.24) is 0 Å². The van der Waals surface area contributed by atoms with Crippen LogP contribution in [-0.2, 0) is 19.3 Å². The Balaban J connectivity index is 1.62. The molecular formula is C20H20FNO. The van der Waals surface area contributed by atoms with Crippen LogP contribution in [0.1, 0.15) is 36.0 Å². The van der Waals surface area contributed by atoms with E-state index in [0.29, 0.717) is 12.8 Å². The van der Waals surface area contributed by atoms with Gasteiger partial charge in [-0.25, -0.2) is 4.39 Å². The van der Waals surface area contributed by atoms with Crippen LogP contribution in [0.25, 0.3) is 0 Å². The SMILES string of the molecule is N#CC(CCc1cccc(F)c1)Oc1ccc2c(c1)CCCC2. The molecule has 2 aromatic carbocycles. The zero-order chi connectivity index (χ0) is 16.1. The molecule has 0 saturated heterocycles. The molecule has 1 atom stereocenters. The molecule has 0 amide bonds. The quantitative estimate of drug-likeness (QED) is 0.808. The van der Waals surface area contributed by atoms with Crippen molar-refractivity contribution in [3.8, 4) is 11.8 Å². The second-order valence-corrected chi connectivity index (χ2v) is 6.04. The molecule has 1 unspecified atom stereocenters. The van der Waals surface area contributed by atoms with Gasteiger partial charge in [-0.15, -0.1) is 0 Å². The lowest BCUT2D eigenvalue weighted by Crippen LogP contribution is -2.15. The number of nitrogens with zero attached hydrogens (tertiary/aromatic N) is 1. The minimum Gasteiger partial charge on any atom is -0.476 e. The lowest BCUT2D eigenvalue weighted by molar-refractivity contribution is 0.245. The van der Waals surface area contributed by atoms with E-state index in [0.717, 1.165) is 24.2 Å². The van der Waals surface area contributed by atoms with E-state index in [9.17, 15) is 9.65 Å².